The number of ether oxygens (including phenoxy) is 1. The van der Waals surface area contributed by atoms with E-state index in [9.17, 15) is 20.4 Å². The van der Waals surface area contributed by atoms with Gasteiger partial charge in [-0.25, -0.2) is 0 Å². The third-order valence-corrected chi connectivity index (χ3v) is 4.98. The minimum Gasteiger partial charge on any atom is -0.508 e. The number of rotatable bonds is 4. The minimum absolute atomic E-state index is 0.00905. The van der Waals surface area contributed by atoms with Gasteiger partial charge in [0.1, 0.15) is 18.0 Å². The van der Waals surface area contributed by atoms with Crippen LogP contribution < -0.4 is 0 Å². The number of phenols is 1. The lowest BCUT2D eigenvalue weighted by Crippen LogP contribution is -2.44. The fraction of sp³-hybridized carbons (Fsp3) is 0.412. The second kappa shape index (κ2) is 6.98. The maximum absolute atomic E-state index is 10.2. The molecule has 1 fully saturated rings. The maximum atomic E-state index is 10.2. The van der Waals surface area contributed by atoms with Gasteiger partial charge >= 0.3 is 0 Å². The van der Waals surface area contributed by atoms with Gasteiger partial charge in [0.25, 0.3) is 0 Å². The number of benzene rings is 1. The van der Waals surface area contributed by atoms with Gasteiger partial charge in [-0.2, -0.15) is 0 Å². The van der Waals surface area contributed by atoms with Gasteiger partial charge in [-0.1, -0.05) is 12.1 Å². The standard InChI is InChI=1S/C17H20O5S/c18-9-11-8-15(20)16(21)17(22-11)13-7-10(3-4-14(13)19)6-12-2-1-5-23-12/h1-5,7,11,15-21H,6,8-9H2/t11-,15-,16+,17?/m0/s1. The average Bonchev–Trinajstić information content (AvgIpc) is 3.05. The van der Waals surface area contributed by atoms with E-state index in [4.69, 9.17) is 4.74 Å². The molecule has 124 valence electrons. The highest BCUT2D eigenvalue weighted by atomic mass is 32.1. The number of aliphatic hydroxyl groups is 3. The Balaban J connectivity index is 1.88. The lowest BCUT2D eigenvalue weighted by Gasteiger charge is -2.37. The Hall–Kier alpha value is -1.44. The molecule has 6 heteroatoms. The van der Waals surface area contributed by atoms with Crippen molar-refractivity contribution in [3.63, 3.8) is 0 Å². The van der Waals surface area contributed by atoms with Crippen LogP contribution in [-0.2, 0) is 11.2 Å². The van der Waals surface area contributed by atoms with E-state index in [1.54, 1.807) is 23.5 Å². The highest BCUT2D eigenvalue weighted by molar-refractivity contribution is 7.09. The van der Waals surface area contributed by atoms with Crippen LogP contribution in [0.1, 0.15) is 28.5 Å². The van der Waals surface area contributed by atoms with Gasteiger partial charge < -0.3 is 25.2 Å². The molecule has 1 aliphatic rings. The Bertz CT molecular complexity index is 642. The minimum atomic E-state index is -1.14. The summed E-state index contributed by atoms with van der Waals surface area (Å²) in [7, 11) is 0. The molecule has 0 radical (unpaired) electrons. The first kappa shape index (κ1) is 16.4. The molecule has 2 heterocycles. The molecule has 1 aromatic carbocycles. The van der Waals surface area contributed by atoms with Gasteiger partial charge in [0.15, 0.2) is 0 Å². The Kier molecular flexibility index (Phi) is 4.99. The van der Waals surface area contributed by atoms with Crippen molar-refractivity contribution in [2.75, 3.05) is 6.61 Å². The maximum Gasteiger partial charge on any atom is 0.121 e. The van der Waals surface area contributed by atoms with Crippen LogP contribution in [0.3, 0.4) is 0 Å². The van der Waals surface area contributed by atoms with Gasteiger partial charge in [0.05, 0.1) is 18.8 Å². The summed E-state index contributed by atoms with van der Waals surface area (Å²) in [4.78, 5) is 1.19. The number of aromatic hydroxyl groups is 1. The van der Waals surface area contributed by atoms with Crippen LogP contribution in [0.5, 0.6) is 5.75 Å². The molecule has 0 spiro atoms. The number of hydrogen-bond donors (Lipinski definition) is 4. The van der Waals surface area contributed by atoms with E-state index in [1.165, 1.54) is 4.88 Å². The van der Waals surface area contributed by atoms with Crippen LogP contribution in [0.15, 0.2) is 35.7 Å². The van der Waals surface area contributed by atoms with Gasteiger partial charge in [-0.15, -0.1) is 11.3 Å². The molecule has 1 saturated heterocycles. The van der Waals surface area contributed by atoms with Crippen molar-refractivity contribution >= 4 is 11.3 Å². The summed E-state index contributed by atoms with van der Waals surface area (Å²) in [6, 6.07) is 9.21. The predicted octanol–water partition coefficient (Wildman–Crippen LogP) is 1.59. The fourth-order valence-electron chi connectivity index (χ4n) is 2.88. The van der Waals surface area contributed by atoms with E-state index in [0.29, 0.717) is 5.56 Å². The third kappa shape index (κ3) is 3.57. The number of hydrogen-bond acceptors (Lipinski definition) is 6. The molecule has 1 aliphatic heterocycles. The first-order chi connectivity index (χ1) is 11.1. The van der Waals surface area contributed by atoms with Gasteiger partial charge in [0.2, 0.25) is 0 Å². The quantitative estimate of drug-likeness (QED) is 0.681. The van der Waals surface area contributed by atoms with E-state index in [0.717, 1.165) is 12.0 Å². The molecule has 23 heavy (non-hydrogen) atoms. The molecule has 4 atom stereocenters. The monoisotopic (exact) mass is 336 g/mol. The Morgan fingerprint density at radius 2 is 2.04 bits per heavy atom. The van der Waals surface area contributed by atoms with Crippen LogP contribution in [-0.4, -0.2) is 45.3 Å². The van der Waals surface area contributed by atoms with E-state index in [2.05, 4.69) is 0 Å². The number of thiophene rings is 1. The summed E-state index contributed by atoms with van der Waals surface area (Å²) >= 11 is 1.65. The summed E-state index contributed by atoms with van der Waals surface area (Å²) in [6.07, 6.45) is -2.66. The smallest absolute Gasteiger partial charge is 0.121 e. The second-order valence-electron chi connectivity index (χ2n) is 5.80. The van der Waals surface area contributed by atoms with Crippen molar-refractivity contribution < 1.29 is 25.2 Å². The van der Waals surface area contributed by atoms with Crippen LogP contribution in [0.25, 0.3) is 0 Å². The molecule has 0 saturated carbocycles. The van der Waals surface area contributed by atoms with Gasteiger partial charge in [-0.05, 0) is 29.1 Å². The molecule has 3 rings (SSSR count). The summed E-state index contributed by atoms with van der Waals surface area (Å²) in [5.41, 5.74) is 1.42. The molecule has 5 nitrogen and oxygen atoms in total. The normalized spacial score (nSPS) is 28.0. The van der Waals surface area contributed by atoms with E-state index in [1.807, 2.05) is 23.6 Å². The Morgan fingerprint density at radius 3 is 2.74 bits per heavy atom. The van der Waals surface area contributed by atoms with Crippen LogP contribution in [0, 0.1) is 0 Å². The number of aliphatic hydroxyl groups excluding tert-OH is 3. The van der Waals surface area contributed by atoms with Crippen LogP contribution in [0.2, 0.25) is 0 Å². The van der Waals surface area contributed by atoms with Crippen molar-refractivity contribution in [3.05, 3.63) is 51.7 Å². The molecule has 2 aromatic rings. The Labute approximate surface area is 138 Å². The van der Waals surface area contributed by atoms with Crippen LogP contribution >= 0.6 is 11.3 Å². The van der Waals surface area contributed by atoms with Crippen molar-refractivity contribution in [3.8, 4) is 5.75 Å². The first-order valence-electron chi connectivity index (χ1n) is 7.55. The first-order valence-corrected chi connectivity index (χ1v) is 8.43. The third-order valence-electron chi connectivity index (χ3n) is 4.11. The molecule has 0 aliphatic carbocycles. The lowest BCUT2D eigenvalue weighted by molar-refractivity contribution is -0.180. The lowest BCUT2D eigenvalue weighted by atomic mass is 9.91. The van der Waals surface area contributed by atoms with Crippen molar-refractivity contribution in [2.24, 2.45) is 0 Å². The summed E-state index contributed by atoms with van der Waals surface area (Å²) in [5.74, 6) is 0.00905. The molecule has 4 N–H and O–H groups in total. The molecule has 0 bridgehead atoms. The summed E-state index contributed by atoms with van der Waals surface area (Å²) in [5, 5.41) is 41.6. The van der Waals surface area contributed by atoms with Crippen molar-refractivity contribution in [2.45, 2.75) is 37.3 Å². The van der Waals surface area contributed by atoms with Gasteiger partial charge in [-0.3, -0.25) is 0 Å². The summed E-state index contributed by atoms with van der Waals surface area (Å²) in [6.45, 7) is -0.240. The zero-order chi connectivity index (χ0) is 16.4. The molecule has 1 unspecified atom stereocenters. The SMILES string of the molecule is OC[C@@H]1C[C@H](O)[C@@H](O)C(c2cc(Cc3cccs3)ccc2O)O1. The predicted molar refractivity (Wildman–Crippen MR) is 86.6 cm³/mol. The highest BCUT2D eigenvalue weighted by Crippen LogP contribution is 2.37. The van der Waals surface area contributed by atoms with Crippen molar-refractivity contribution in [1.29, 1.82) is 0 Å². The zero-order valence-corrected chi connectivity index (χ0v) is 13.3. The van der Waals surface area contributed by atoms with E-state index >= 15 is 0 Å². The molecular weight excluding hydrogens is 316 g/mol. The average molecular weight is 336 g/mol. The molecule has 0 amide bonds. The van der Waals surface area contributed by atoms with E-state index in [-0.39, 0.29) is 18.8 Å². The van der Waals surface area contributed by atoms with Crippen LogP contribution in [0.4, 0.5) is 0 Å². The summed E-state index contributed by atoms with van der Waals surface area (Å²) < 4.78 is 5.66. The Morgan fingerprint density at radius 1 is 1.22 bits per heavy atom. The fourth-order valence-corrected chi connectivity index (χ4v) is 3.62. The van der Waals surface area contributed by atoms with Gasteiger partial charge in [0, 0.05) is 23.3 Å². The second-order valence-corrected chi connectivity index (χ2v) is 6.84. The molecular formula is C17H20O5S. The largest absolute Gasteiger partial charge is 0.508 e. The zero-order valence-electron chi connectivity index (χ0n) is 12.5. The van der Waals surface area contributed by atoms with E-state index < -0.39 is 24.4 Å². The number of phenolic OH excluding ortho intramolecular Hbond substituents is 1. The topological polar surface area (TPSA) is 90.2 Å². The highest BCUT2D eigenvalue weighted by Gasteiger charge is 2.38. The van der Waals surface area contributed by atoms with Crippen molar-refractivity contribution in [1.82, 2.24) is 0 Å². The molecule has 1 aromatic heterocycles.